The first kappa shape index (κ1) is 14.6. The van der Waals surface area contributed by atoms with Gasteiger partial charge >= 0.3 is 0 Å². The molecule has 0 saturated heterocycles. The number of aromatic nitrogens is 2. The molecule has 25 heavy (non-hydrogen) atoms. The Balaban J connectivity index is 1.98. The van der Waals surface area contributed by atoms with Crippen molar-refractivity contribution >= 4 is 12.2 Å². The number of fused-ring (bicyclic) bond motifs is 2. The fourth-order valence-electron chi connectivity index (χ4n) is 4.70. The number of rotatable bonds is 1. The molecule has 5 rings (SSSR count). The Morgan fingerprint density at radius 2 is 1.76 bits per heavy atom. The van der Waals surface area contributed by atoms with E-state index in [9.17, 15) is 0 Å². The van der Waals surface area contributed by atoms with Crippen molar-refractivity contribution in [1.29, 1.82) is 0 Å². The van der Waals surface area contributed by atoms with Gasteiger partial charge in [0.2, 0.25) is 0 Å². The zero-order chi connectivity index (χ0) is 17.2. The highest BCUT2D eigenvalue weighted by molar-refractivity contribution is 5.87. The van der Waals surface area contributed by atoms with Crippen LogP contribution in [0, 0.1) is 0 Å². The molecule has 2 aromatic heterocycles. The molecule has 0 saturated carbocycles. The minimum absolute atomic E-state index is 0.219. The number of hydrogen-bond donors (Lipinski definition) is 0. The lowest BCUT2D eigenvalue weighted by Crippen LogP contribution is -2.35. The first-order valence-electron chi connectivity index (χ1n) is 8.86. The highest BCUT2D eigenvalue weighted by atomic mass is 14.7. The molecule has 2 heteroatoms. The van der Waals surface area contributed by atoms with Crippen LogP contribution in [-0.2, 0) is 5.41 Å². The summed E-state index contributed by atoms with van der Waals surface area (Å²) in [6.07, 6.45) is 19.3. The van der Waals surface area contributed by atoms with E-state index in [4.69, 9.17) is 0 Å². The topological polar surface area (TPSA) is 25.8 Å². The normalized spacial score (nSPS) is 22.5. The van der Waals surface area contributed by atoms with Crippen LogP contribution in [0.5, 0.6) is 0 Å². The Kier molecular flexibility index (Phi) is 2.85. The number of hydrogen-bond acceptors (Lipinski definition) is 2. The standard InChI is InChI=1S/C23H20N2/c1-14(2)19-13-25-12-17-10-18-6-4-15(3)20-7-5-16-11-24-9-8-21(16)23(18,20)22(17)19/h4-14H,1-3H3. The van der Waals surface area contributed by atoms with Crippen LogP contribution in [0.3, 0.4) is 0 Å². The van der Waals surface area contributed by atoms with Crippen LogP contribution in [0.4, 0.5) is 0 Å². The summed E-state index contributed by atoms with van der Waals surface area (Å²) in [7, 11) is 0. The Morgan fingerprint density at radius 3 is 2.60 bits per heavy atom. The molecule has 3 aliphatic carbocycles. The smallest absolute Gasteiger partial charge is 0.0720 e. The van der Waals surface area contributed by atoms with Gasteiger partial charge in [-0.15, -0.1) is 0 Å². The van der Waals surface area contributed by atoms with E-state index in [-0.39, 0.29) is 5.41 Å². The molecule has 2 heterocycles. The molecule has 0 N–H and O–H groups in total. The average Bonchev–Trinajstić information content (AvgIpc) is 2.96. The van der Waals surface area contributed by atoms with Crippen molar-refractivity contribution in [2.24, 2.45) is 0 Å². The minimum atomic E-state index is -0.219. The number of nitrogens with zero attached hydrogens (tertiary/aromatic N) is 2. The molecule has 0 bridgehead atoms. The molecule has 0 aromatic carbocycles. The van der Waals surface area contributed by atoms with Crippen molar-refractivity contribution in [1.82, 2.24) is 9.97 Å². The van der Waals surface area contributed by atoms with Crippen LogP contribution >= 0.6 is 0 Å². The Labute approximate surface area is 148 Å². The average molecular weight is 324 g/mol. The Bertz CT molecular complexity index is 1030. The second-order valence-electron chi connectivity index (χ2n) is 7.42. The third kappa shape index (κ3) is 1.69. The molecular formula is C23H20N2. The van der Waals surface area contributed by atoms with E-state index < -0.39 is 0 Å². The molecule has 1 atom stereocenters. The van der Waals surface area contributed by atoms with Crippen LogP contribution in [-0.4, -0.2) is 9.97 Å². The van der Waals surface area contributed by atoms with E-state index in [1.807, 2.05) is 18.6 Å². The van der Waals surface area contributed by atoms with Gasteiger partial charge in [-0.1, -0.05) is 38.2 Å². The first-order chi connectivity index (χ1) is 12.1. The molecule has 0 fully saturated rings. The molecular weight excluding hydrogens is 304 g/mol. The maximum absolute atomic E-state index is 4.53. The molecule has 2 nitrogen and oxygen atoms in total. The van der Waals surface area contributed by atoms with E-state index in [1.54, 1.807) is 0 Å². The first-order valence-corrected chi connectivity index (χ1v) is 8.86. The third-order valence-electron chi connectivity index (χ3n) is 5.77. The van der Waals surface area contributed by atoms with Crippen molar-refractivity contribution in [2.45, 2.75) is 32.1 Å². The summed E-state index contributed by atoms with van der Waals surface area (Å²) < 4.78 is 0. The van der Waals surface area contributed by atoms with E-state index in [1.165, 1.54) is 44.5 Å². The van der Waals surface area contributed by atoms with E-state index in [0.29, 0.717) is 5.92 Å². The van der Waals surface area contributed by atoms with Gasteiger partial charge in [-0.3, -0.25) is 9.97 Å². The summed E-state index contributed by atoms with van der Waals surface area (Å²) >= 11 is 0. The second kappa shape index (κ2) is 4.89. The van der Waals surface area contributed by atoms with E-state index in [2.05, 4.69) is 73.4 Å². The van der Waals surface area contributed by atoms with Crippen LogP contribution in [0.25, 0.3) is 12.2 Å². The van der Waals surface area contributed by atoms with Crippen molar-refractivity contribution in [3.05, 3.63) is 93.6 Å². The second-order valence-corrected chi connectivity index (χ2v) is 7.42. The van der Waals surface area contributed by atoms with Gasteiger partial charge in [-0.05, 0) is 69.5 Å². The van der Waals surface area contributed by atoms with Gasteiger partial charge in [-0.2, -0.15) is 0 Å². The van der Waals surface area contributed by atoms with Gasteiger partial charge in [-0.25, -0.2) is 0 Å². The van der Waals surface area contributed by atoms with Gasteiger partial charge < -0.3 is 0 Å². The van der Waals surface area contributed by atoms with Gasteiger partial charge in [0.25, 0.3) is 0 Å². The molecule has 122 valence electrons. The summed E-state index contributed by atoms with van der Waals surface area (Å²) in [5, 5.41) is 0. The summed E-state index contributed by atoms with van der Waals surface area (Å²) in [6.45, 7) is 6.73. The SMILES string of the molecule is CC1=C2C=Cc3cnccc3C23C(=Cc2cncc(C(C)C)c23)C=C1. The lowest BCUT2D eigenvalue weighted by atomic mass is 9.59. The fourth-order valence-corrected chi connectivity index (χ4v) is 4.70. The summed E-state index contributed by atoms with van der Waals surface area (Å²) in [5.74, 6) is 0.424. The predicted molar refractivity (Wildman–Crippen MR) is 102 cm³/mol. The highest BCUT2D eigenvalue weighted by Gasteiger charge is 2.50. The molecule has 0 amide bonds. The molecule has 2 aromatic rings. The van der Waals surface area contributed by atoms with Gasteiger partial charge in [0.1, 0.15) is 0 Å². The molecule has 0 radical (unpaired) electrons. The van der Waals surface area contributed by atoms with Gasteiger partial charge in [0, 0.05) is 24.8 Å². The Hall–Kier alpha value is -2.74. The minimum Gasteiger partial charge on any atom is -0.264 e. The van der Waals surface area contributed by atoms with Crippen LogP contribution in [0.15, 0.2) is 65.8 Å². The third-order valence-corrected chi connectivity index (χ3v) is 5.77. The molecule has 1 spiro atoms. The van der Waals surface area contributed by atoms with Crippen LogP contribution in [0.2, 0.25) is 0 Å². The quantitative estimate of drug-likeness (QED) is 0.721. The maximum atomic E-state index is 4.53. The van der Waals surface area contributed by atoms with Crippen molar-refractivity contribution in [3.8, 4) is 0 Å². The van der Waals surface area contributed by atoms with Crippen molar-refractivity contribution in [3.63, 3.8) is 0 Å². The summed E-state index contributed by atoms with van der Waals surface area (Å²) in [4.78, 5) is 8.89. The van der Waals surface area contributed by atoms with Gasteiger partial charge in [0.15, 0.2) is 0 Å². The number of allylic oxidation sites excluding steroid dienone is 6. The van der Waals surface area contributed by atoms with E-state index in [0.717, 1.165) is 0 Å². The lowest BCUT2D eigenvalue weighted by Gasteiger charge is -2.42. The van der Waals surface area contributed by atoms with Gasteiger partial charge in [0.05, 0.1) is 5.41 Å². The maximum Gasteiger partial charge on any atom is 0.0720 e. The highest BCUT2D eigenvalue weighted by Crippen LogP contribution is 2.58. The number of pyridine rings is 2. The summed E-state index contributed by atoms with van der Waals surface area (Å²) in [6, 6.07) is 2.19. The molecule has 3 aliphatic rings. The fraction of sp³-hybridized carbons (Fsp3) is 0.217. The lowest BCUT2D eigenvalue weighted by molar-refractivity contribution is 0.704. The summed E-state index contributed by atoms with van der Waals surface area (Å²) in [5.41, 5.74) is 10.4. The zero-order valence-electron chi connectivity index (χ0n) is 14.7. The van der Waals surface area contributed by atoms with Crippen molar-refractivity contribution in [2.75, 3.05) is 0 Å². The zero-order valence-corrected chi connectivity index (χ0v) is 14.7. The Morgan fingerprint density at radius 1 is 0.920 bits per heavy atom. The van der Waals surface area contributed by atoms with E-state index >= 15 is 0 Å². The predicted octanol–water partition coefficient (Wildman–Crippen LogP) is 5.20. The largest absolute Gasteiger partial charge is 0.264 e. The molecule has 0 aliphatic heterocycles. The monoisotopic (exact) mass is 324 g/mol. The van der Waals surface area contributed by atoms with Crippen LogP contribution < -0.4 is 0 Å². The van der Waals surface area contributed by atoms with Crippen LogP contribution in [0.1, 0.15) is 54.5 Å². The molecule has 1 unspecified atom stereocenters. The van der Waals surface area contributed by atoms with Crippen molar-refractivity contribution < 1.29 is 0 Å².